The molecule has 5 nitrogen and oxygen atoms in total. The lowest BCUT2D eigenvalue weighted by Crippen LogP contribution is -1.98. The summed E-state index contributed by atoms with van der Waals surface area (Å²) in [5.74, 6) is 0. The SMILES string of the molecule is Cc1ccc2c(c1)c1cc(-n3c4ccccc4c4ccccc43)ccc1n2-c1cc(C#N)cc(-c2cccc(-n3c4ccccc4c4cc(-n5c6ccccc6c6ccccc65)ccc43)c2)c1. The van der Waals surface area contributed by atoms with Gasteiger partial charge in [0.25, 0.3) is 0 Å². The number of benzene rings is 10. The van der Waals surface area contributed by atoms with Gasteiger partial charge >= 0.3 is 0 Å². The number of nitriles is 1. The second-order valence-corrected chi connectivity index (χ2v) is 17.8. The average Bonchev–Trinajstić information content (AvgIpc) is 4.11. The van der Waals surface area contributed by atoms with E-state index in [2.05, 4.69) is 238 Å². The number of fused-ring (bicyclic) bond motifs is 12. The van der Waals surface area contributed by atoms with Crippen molar-refractivity contribution in [3.63, 3.8) is 0 Å². The van der Waals surface area contributed by atoms with E-state index >= 15 is 0 Å². The van der Waals surface area contributed by atoms with E-state index in [-0.39, 0.29) is 0 Å². The molecule has 10 aromatic carbocycles. The van der Waals surface area contributed by atoms with Crippen molar-refractivity contribution in [1.29, 1.82) is 5.26 Å². The average molecular weight is 854 g/mol. The monoisotopic (exact) mass is 853 g/mol. The fourth-order valence-electron chi connectivity index (χ4n) is 11.1. The van der Waals surface area contributed by atoms with E-state index in [4.69, 9.17) is 0 Å². The molecule has 0 atom stereocenters. The molecule has 0 spiro atoms. The highest BCUT2D eigenvalue weighted by atomic mass is 15.0. The Balaban J connectivity index is 0.923. The second-order valence-electron chi connectivity index (χ2n) is 17.8. The Morgan fingerprint density at radius 3 is 1.15 bits per heavy atom. The van der Waals surface area contributed by atoms with Crippen molar-refractivity contribution in [1.82, 2.24) is 18.3 Å². The summed E-state index contributed by atoms with van der Waals surface area (Å²) in [6.45, 7) is 2.16. The van der Waals surface area contributed by atoms with Gasteiger partial charge in [0.05, 0.1) is 55.8 Å². The molecule has 14 aromatic rings. The molecule has 0 saturated carbocycles. The molecular weight excluding hydrogens is 815 g/mol. The summed E-state index contributed by atoms with van der Waals surface area (Å²) in [5, 5.41) is 20.3. The molecule has 0 fully saturated rings. The minimum atomic E-state index is 0.608. The maximum atomic E-state index is 10.6. The van der Waals surface area contributed by atoms with Gasteiger partial charge in [0.15, 0.2) is 0 Å². The molecule has 4 heterocycles. The zero-order chi connectivity index (χ0) is 44.3. The van der Waals surface area contributed by atoms with E-state index in [1.807, 2.05) is 12.1 Å². The molecule has 312 valence electrons. The number of hydrogen-bond donors (Lipinski definition) is 0. The van der Waals surface area contributed by atoms with Gasteiger partial charge in [-0.1, -0.05) is 115 Å². The Labute approximate surface area is 385 Å². The van der Waals surface area contributed by atoms with Crippen molar-refractivity contribution in [2.75, 3.05) is 0 Å². The van der Waals surface area contributed by atoms with Gasteiger partial charge in [-0.2, -0.15) is 5.26 Å². The standard InChI is InChI=1S/C62H39N5/c1-39-25-28-60-52(31-39)54-37-45(66-57-22-9-4-17-49(57)50-18-5-10-23-58(50)66)27-30-62(54)67(60)46-33-40(38-63)32-42(35-46)41-13-12-14-43(34-41)64-59-24-11-6-19-51(59)53-36-44(26-29-61(53)64)65-55-20-7-2-15-47(55)48-16-3-8-21-56(48)65/h2-37H,1H3. The predicted octanol–water partition coefficient (Wildman–Crippen LogP) is 15.9. The van der Waals surface area contributed by atoms with Crippen LogP contribution in [0.3, 0.4) is 0 Å². The molecule has 67 heavy (non-hydrogen) atoms. The summed E-state index contributed by atoms with van der Waals surface area (Å²) in [4.78, 5) is 0. The minimum absolute atomic E-state index is 0.608. The van der Waals surface area contributed by atoms with Gasteiger partial charge in [-0.3, -0.25) is 0 Å². The van der Waals surface area contributed by atoms with E-state index in [0.29, 0.717) is 5.56 Å². The van der Waals surface area contributed by atoms with Crippen LogP contribution in [-0.4, -0.2) is 18.3 Å². The van der Waals surface area contributed by atoms with Crippen LogP contribution in [0.2, 0.25) is 0 Å². The lowest BCUT2D eigenvalue weighted by molar-refractivity contribution is 1.16. The fourth-order valence-corrected chi connectivity index (χ4v) is 11.1. The first-order valence-corrected chi connectivity index (χ1v) is 22.8. The van der Waals surface area contributed by atoms with Gasteiger partial charge in [-0.25, -0.2) is 0 Å². The Hall–Kier alpha value is -9.11. The number of hydrogen-bond acceptors (Lipinski definition) is 1. The third-order valence-corrected chi connectivity index (χ3v) is 14.0. The van der Waals surface area contributed by atoms with Crippen LogP contribution in [0.1, 0.15) is 11.1 Å². The van der Waals surface area contributed by atoms with Crippen LogP contribution in [0.25, 0.3) is 121 Å². The van der Waals surface area contributed by atoms with Gasteiger partial charge in [0.1, 0.15) is 0 Å². The molecule has 0 bridgehead atoms. The van der Waals surface area contributed by atoms with Gasteiger partial charge in [-0.15, -0.1) is 0 Å². The van der Waals surface area contributed by atoms with Crippen LogP contribution in [0, 0.1) is 18.3 Å². The summed E-state index contributed by atoms with van der Waals surface area (Å²) < 4.78 is 9.48. The highest BCUT2D eigenvalue weighted by molar-refractivity contribution is 6.14. The largest absolute Gasteiger partial charge is 0.309 e. The van der Waals surface area contributed by atoms with Crippen LogP contribution in [0.4, 0.5) is 0 Å². The fraction of sp³-hybridized carbons (Fsp3) is 0.0161. The summed E-state index contributed by atoms with van der Waals surface area (Å²) in [5.41, 5.74) is 17.3. The normalized spacial score (nSPS) is 11.9. The number of nitrogens with zero attached hydrogens (tertiary/aromatic N) is 5. The molecule has 0 aliphatic carbocycles. The summed E-state index contributed by atoms with van der Waals surface area (Å²) in [6, 6.07) is 81.3. The minimum Gasteiger partial charge on any atom is -0.309 e. The molecule has 0 unspecified atom stereocenters. The zero-order valence-electron chi connectivity index (χ0n) is 36.5. The second kappa shape index (κ2) is 14.2. The summed E-state index contributed by atoms with van der Waals surface area (Å²) in [7, 11) is 0. The number of aryl methyl sites for hydroxylation is 1. The number of para-hydroxylation sites is 5. The molecule has 0 saturated heterocycles. The van der Waals surface area contributed by atoms with Crippen molar-refractivity contribution < 1.29 is 0 Å². The molecule has 0 amide bonds. The molecule has 0 aliphatic heterocycles. The Morgan fingerprint density at radius 1 is 0.284 bits per heavy atom. The smallest absolute Gasteiger partial charge is 0.0992 e. The van der Waals surface area contributed by atoms with E-state index < -0.39 is 0 Å². The van der Waals surface area contributed by atoms with Crippen molar-refractivity contribution in [2.24, 2.45) is 0 Å². The van der Waals surface area contributed by atoms with Crippen LogP contribution >= 0.6 is 0 Å². The molecule has 0 radical (unpaired) electrons. The Bertz CT molecular complexity index is 4320. The number of aromatic nitrogens is 4. The van der Waals surface area contributed by atoms with Gasteiger partial charge in [-0.05, 0) is 127 Å². The molecule has 0 N–H and O–H groups in total. The highest BCUT2D eigenvalue weighted by Crippen LogP contribution is 2.40. The summed E-state index contributed by atoms with van der Waals surface area (Å²) >= 11 is 0. The Kier molecular flexibility index (Phi) is 7.90. The summed E-state index contributed by atoms with van der Waals surface area (Å²) in [6.07, 6.45) is 0. The van der Waals surface area contributed by atoms with Crippen LogP contribution in [-0.2, 0) is 0 Å². The van der Waals surface area contributed by atoms with Gasteiger partial charge in [0.2, 0.25) is 0 Å². The lowest BCUT2D eigenvalue weighted by atomic mass is 10.0. The molecule has 0 aliphatic rings. The third kappa shape index (κ3) is 5.48. The van der Waals surface area contributed by atoms with Gasteiger partial charge < -0.3 is 18.3 Å². The van der Waals surface area contributed by atoms with Crippen molar-refractivity contribution in [2.45, 2.75) is 6.92 Å². The quantitative estimate of drug-likeness (QED) is 0.170. The zero-order valence-corrected chi connectivity index (χ0v) is 36.5. The topological polar surface area (TPSA) is 43.5 Å². The maximum absolute atomic E-state index is 10.6. The van der Waals surface area contributed by atoms with E-state index in [0.717, 1.165) is 61.3 Å². The van der Waals surface area contributed by atoms with Crippen molar-refractivity contribution in [3.8, 4) is 39.9 Å². The first-order chi connectivity index (χ1) is 33.1. The molecule has 4 aromatic heterocycles. The van der Waals surface area contributed by atoms with Crippen molar-refractivity contribution in [3.05, 3.63) is 230 Å². The lowest BCUT2D eigenvalue weighted by Gasteiger charge is -2.14. The van der Waals surface area contributed by atoms with Crippen LogP contribution in [0.15, 0.2) is 218 Å². The van der Waals surface area contributed by atoms with Gasteiger partial charge in [0, 0.05) is 65.8 Å². The van der Waals surface area contributed by atoms with Crippen LogP contribution in [0.5, 0.6) is 0 Å². The van der Waals surface area contributed by atoms with E-state index in [9.17, 15) is 5.26 Å². The first-order valence-electron chi connectivity index (χ1n) is 22.8. The maximum Gasteiger partial charge on any atom is 0.0992 e. The first kappa shape index (κ1) is 37.3. The van der Waals surface area contributed by atoms with E-state index in [1.165, 1.54) is 65.3 Å². The Morgan fingerprint density at radius 2 is 0.657 bits per heavy atom. The third-order valence-electron chi connectivity index (χ3n) is 14.0. The van der Waals surface area contributed by atoms with E-state index in [1.54, 1.807) is 0 Å². The molecular formula is C62H39N5. The molecule has 14 rings (SSSR count). The van der Waals surface area contributed by atoms with Crippen molar-refractivity contribution >= 4 is 87.2 Å². The molecule has 5 heteroatoms. The highest BCUT2D eigenvalue weighted by Gasteiger charge is 2.20. The predicted molar refractivity (Wildman–Crippen MR) is 279 cm³/mol. The number of rotatable bonds is 5. The van der Waals surface area contributed by atoms with Crippen LogP contribution < -0.4 is 0 Å².